The van der Waals surface area contributed by atoms with Gasteiger partial charge in [0.2, 0.25) is 0 Å². The minimum atomic E-state index is 0.0843. The van der Waals surface area contributed by atoms with Crippen molar-refractivity contribution in [3.8, 4) is 0 Å². The Labute approximate surface area is 143 Å². The Kier molecular flexibility index (Phi) is 4.90. The van der Waals surface area contributed by atoms with Crippen LogP contribution in [-0.4, -0.2) is 4.83 Å². The molecule has 4 heteroatoms. The molecular weight excluding hydrogens is 371 g/mol. The van der Waals surface area contributed by atoms with E-state index in [-0.39, 0.29) is 12.2 Å². The highest BCUT2D eigenvalue weighted by Crippen LogP contribution is 2.41. The molecule has 0 spiro atoms. The van der Waals surface area contributed by atoms with Crippen LogP contribution in [0, 0.1) is 0 Å². The zero-order chi connectivity index (χ0) is 14.8. The Morgan fingerprint density at radius 1 is 0.762 bits per heavy atom. The maximum atomic E-state index is 6.29. The van der Waals surface area contributed by atoms with E-state index in [2.05, 4.69) is 15.9 Å². The van der Waals surface area contributed by atoms with Crippen LogP contribution < -0.4 is 0 Å². The molecule has 0 aromatic heterocycles. The Bertz CT molecular complexity index is 544. The molecule has 0 bridgehead atoms. The zero-order valence-electron chi connectivity index (χ0n) is 11.3. The van der Waals surface area contributed by atoms with Crippen molar-refractivity contribution in [2.24, 2.45) is 0 Å². The van der Waals surface area contributed by atoms with E-state index in [0.717, 1.165) is 22.9 Å². The molecule has 0 radical (unpaired) electrons. The standard InChI is InChI=1S/C17H15BrCl2O/c18-13-9-16(11-1-5-14(19)6-2-11)21-17(10-13)12-3-7-15(20)8-4-12/h1-8,13,16-17H,9-10H2/t13?,16-,17+. The lowest BCUT2D eigenvalue weighted by Crippen LogP contribution is -2.23. The van der Waals surface area contributed by atoms with Crippen LogP contribution in [0.4, 0.5) is 0 Å². The van der Waals surface area contributed by atoms with Crippen LogP contribution in [0.15, 0.2) is 48.5 Å². The first kappa shape index (κ1) is 15.4. The van der Waals surface area contributed by atoms with E-state index in [9.17, 15) is 0 Å². The minimum absolute atomic E-state index is 0.0843. The molecule has 2 aromatic rings. The first-order valence-electron chi connectivity index (χ1n) is 6.92. The van der Waals surface area contributed by atoms with Crippen molar-refractivity contribution in [2.45, 2.75) is 29.9 Å². The first-order chi connectivity index (χ1) is 10.1. The van der Waals surface area contributed by atoms with Gasteiger partial charge in [-0.2, -0.15) is 0 Å². The molecule has 1 fully saturated rings. The molecule has 3 rings (SSSR count). The van der Waals surface area contributed by atoms with Gasteiger partial charge < -0.3 is 4.74 Å². The molecule has 1 aliphatic rings. The van der Waals surface area contributed by atoms with E-state index in [0.29, 0.717) is 4.83 Å². The summed E-state index contributed by atoms with van der Waals surface area (Å²) in [5.41, 5.74) is 2.34. The third kappa shape index (κ3) is 3.81. The summed E-state index contributed by atoms with van der Waals surface area (Å²) < 4.78 is 6.29. The molecule has 0 saturated carbocycles. The number of hydrogen-bond acceptors (Lipinski definition) is 1. The van der Waals surface area contributed by atoms with E-state index in [1.165, 1.54) is 11.1 Å². The fraction of sp³-hybridized carbons (Fsp3) is 0.294. The molecule has 1 unspecified atom stereocenters. The Hall–Kier alpha value is -0.540. The summed E-state index contributed by atoms with van der Waals surface area (Å²) >= 11 is 15.7. The van der Waals surface area contributed by atoms with Crippen LogP contribution in [0.3, 0.4) is 0 Å². The zero-order valence-corrected chi connectivity index (χ0v) is 14.4. The van der Waals surface area contributed by atoms with Crippen LogP contribution in [0.1, 0.15) is 36.2 Å². The smallest absolute Gasteiger partial charge is 0.0844 e. The first-order valence-corrected chi connectivity index (χ1v) is 8.59. The summed E-state index contributed by atoms with van der Waals surface area (Å²) in [6.45, 7) is 0. The lowest BCUT2D eigenvalue weighted by atomic mass is 9.95. The van der Waals surface area contributed by atoms with E-state index >= 15 is 0 Å². The van der Waals surface area contributed by atoms with Gasteiger partial charge in [0.1, 0.15) is 0 Å². The van der Waals surface area contributed by atoms with Crippen LogP contribution in [0.5, 0.6) is 0 Å². The minimum Gasteiger partial charge on any atom is -0.366 e. The number of hydrogen-bond donors (Lipinski definition) is 0. The SMILES string of the molecule is Clc1ccc([C@@H]2CC(Br)C[C@H](c3ccc(Cl)cc3)O2)cc1. The van der Waals surface area contributed by atoms with Gasteiger partial charge >= 0.3 is 0 Å². The van der Waals surface area contributed by atoms with Gasteiger partial charge in [0.25, 0.3) is 0 Å². The molecule has 1 saturated heterocycles. The van der Waals surface area contributed by atoms with Gasteiger partial charge in [-0.25, -0.2) is 0 Å². The number of benzene rings is 2. The summed E-state index contributed by atoms with van der Waals surface area (Å²) in [7, 11) is 0. The second-order valence-electron chi connectivity index (χ2n) is 5.29. The van der Waals surface area contributed by atoms with Crippen LogP contribution in [0.25, 0.3) is 0 Å². The molecule has 1 nitrogen and oxygen atoms in total. The van der Waals surface area contributed by atoms with Gasteiger partial charge in [-0.1, -0.05) is 63.4 Å². The number of halogens is 3. The molecule has 0 amide bonds. The van der Waals surface area contributed by atoms with E-state index in [1.54, 1.807) is 0 Å². The van der Waals surface area contributed by atoms with Crippen LogP contribution in [-0.2, 0) is 4.74 Å². The topological polar surface area (TPSA) is 9.23 Å². The van der Waals surface area contributed by atoms with Crippen molar-refractivity contribution in [3.05, 3.63) is 69.7 Å². The van der Waals surface area contributed by atoms with Crippen LogP contribution >= 0.6 is 39.1 Å². The monoisotopic (exact) mass is 384 g/mol. The molecule has 1 aliphatic heterocycles. The van der Waals surface area contributed by atoms with Crippen molar-refractivity contribution in [1.82, 2.24) is 0 Å². The molecule has 0 aliphatic carbocycles. The fourth-order valence-corrected chi connectivity index (χ4v) is 3.59. The molecule has 110 valence electrons. The third-order valence-corrected chi connectivity index (χ3v) is 5.00. The highest BCUT2D eigenvalue weighted by molar-refractivity contribution is 9.09. The molecule has 3 atom stereocenters. The second kappa shape index (κ2) is 6.70. The van der Waals surface area contributed by atoms with Gasteiger partial charge in [0, 0.05) is 14.9 Å². The lowest BCUT2D eigenvalue weighted by Gasteiger charge is -2.33. The summed E-state index contributed by atoms with van der Waals surface area (Å²) in [4.78, 5) is 0.438. The summed E-state index contributed by atoms with van der Waals surface area (Å²) in [5.74, 6) is 0. The van der Waals surface area contributed by atoms with Gasteiger partial charge in [0.15, 0.2) is 0 Å². The van der Waals surface area contributed by atoms with Gasteiger partial charge in [-0.15, -0.1) is 0 Å². The summed E-state index contributed by atoms with van der Waals surface area (Å²) in [6, 6.07) is 15.8. The van der Waals surface area contributed by atoms with E-state index in [1.807, 2.05) is 48.5 Å². The highest BCUT2D eigenvalue weighted by atomic mass is 79.9. The normalized spacial score (nSPS) is 25.8. The largest absolute Gasteiger partial charge is 0.366 e. The predicted octanol–water partition coefficient (Wildman–Crippen LogP) is 6.35. The average molecular weight is 386 g/mol. The highest BCUT2D eigenvalue weighted by Gasteiger charge is 2.30. The second-order valence-corrected chi connectivity index (χ2v) is 7.45. The Morgan fingerprint density at radius 3 is 1.52 bits per heavy atom. The van der Waals surface area contributed by atoms with Crippen LogP contribution in [0.2, 0.25) is 10.0 Å². The fourth-order valence-electron chi connectivity index (χ4n) is 2.65. The van der Waals surface area contributed by atoms with Crippen molar-refractivity contribution < 1.29 is 4.74 Å². The maximum Gasteiger partial charge on any atom is 0.0844 e. The van der Waals surface area contributed by atoms with Crippen molar-refractivity contribution in [2.75, 3.05) is 0 Å². The van der Waals surface area contributed by atoms with Crippen molar-refractivity contribution >= 4 is 39.1 Å². The Morgan fingerprint density at radius 2 is 1.14 bits per heavy atom. The molecule has 1 heterocycles. The third-order valence-electron chi connectivity index (χ3n) is 3.75. The van der Waals surface area contributed by atoms with Gasteiger partial charge in [0.05, 0.1) is 12.2 Å². The van der Waals surface area contributed by atoms with Crippen molar-refractivity contribution in [3.63, 3.8) is 0 Å². The van der Waals surface area contributed by atoms with E-state index in [4.69, 9.17) is 27.9 Å². The molecule has 2 aromatic carbocycles. The quantitative estimate of drug-likeness (QED) is 0.547. The molecule has 21 heavy (non-hydrogen) atoms. The van der Waals surface area contributed by atoms with Gasteiger partial charge in [-0.05, 0) is 48.2 Å². The van der Waals surface area contributed by atoms with E-state index < -0.39 is 0 Å². The summed E-state index contributed by atoms with van der Waals surface area (Å²) in [5, 5.41) is 1.50. The Balaban J connectivity index is 1.81. The summed E-state index contributed by atoms with van der Waals surface area (Å²) in [6.07, 6.45) is 2.10. The maximum absolute atomic E-state index is 6.29. The number of ether oxygens (including phenoxy) is 1. The van der Waals surface area contributed by atoms with Gasteiger partial charge in [-0.3, -0.25) is 0 Å². The lowest BCUT2D eigenvalue weighted by molar-refractivity contribution is -0.0499. The van der Waals surface area contributed by atoms with Crippen molar-refractivity contribution in [1.29, 1.82) is 0 Å². The average Bonchev–Trinajstić information content (AvgIpc) is 2.48. The number of alkyl halides is 1. The predicted molar refractivity (Wildman–Crippen MR) is 91.4 cm³/mol. The number of rotatable bonds is 2. The molecular formula is C17H15BrCl2O. The molecule has 0 N–H and O–H groups in total.